The predicted molar refractivity (Wildman–Crippen MR) is 121 cm³/mol. The SMILES string of the molecule is C=CC(=C)CC[C@]1(C)[C@H](C)C[C@H](OC)[C@@]2(C=O)C(C=O)=C[C@H](OC(=O)C(C)CC)C[C@@H]12. The maximum absolute atomic E-state index is 12.7. The van der Waals surface area contributed by atoms with Crippen molar-refractivity contribution in [2.24, 2.45) is 28.6 Å². The van der Waals surface area contributed by atoms with Crippen LogP contribution < -0.4 is 0 Å². The van der Waals surface area contributed by atoms with E-state index in [1.165, 1.54) is 0 Å². The first-order valence-corrected chi connectivity index (χ1v) is 11.3. The molecule has 0 aromatic heterocycles. The second-order valence-corrected chi connectivity index (χ2v) is 9.59. The van der Waals surface area contributed by atoms with Gasteiger partial charge < -0.3 is 14.3 Å². The van der Waals surface area contributed by atoms with Gasteiger partial charge in [-0.15, -0.1) is 0 Å². The Hall–Kier alpha value is -2.01. The molecule has 172 valence electrons. The van der Waals surface area contributed by atoms with Gasteiger partial charge in [0.15, 0.2) is 0 Å². The molecule has 1 saturated carbocycles. The van der Waals surface area contributed by atoms with Crippen molar-refractivity contribution >= 4 is 18.5 Å². The third kappa shape index (κ3) is 4.48. The van der Waals surface area contributed by atoms with Crippen LogP contribution >= 0.6 is 0 Å². The number of carbonyl (C=O) groups excluding carboxylic acids is 3. The van der Waals surface area contributed by atoms with Gasteiger partial charge in [0.25, 0.3) is 0 Å². The van der Waals surface area contributed by atoms with Crippen molar-refractivity contribution in [1.29, 1.82) is 0 Å². The molecule has 2 aliphatic carbocycles. The van der Waals surface area contributed by atoms with Gasteiger partial charge in [0.1, 0.15) is 18.7 Å². The molecule has 7 atom stereocenters. The largest absolute Gasteiger partial charge is 0.458 e. The summed E-state index contributed by atoms with van der Waals surface area (Å²) < 4.78 is 11.6. The molecule has 1 fully saturated rings. The fraction of sp³-hybridized carbons (Fsp3) is 0.654. The first kappa shape index (κ1) is 25.3. The van der Waals surface area contributed by atoms with Crippen LogP contribution in [0.1, 0.15) is 59.8 Å². The summed E-state index contributed by atoms with van der Waals surface area (Å²) in [7, 11) is 1.60. The van der Waals surface area contributed by atoms with Crippen LogP contribution in [0.15, 0.2) is 36.5 Å². The highest BCUT2D eigenvalue weighted by molar-refractivity contribution is 5.86. The van der Waals surface area contributed by atoms with E-state index in [1.54, 1.807) is 19.3 Å². The fourth-order valence-electron chi connectivity index (χ4n) is 5.52. The average molecular weight is 431 g/mol. The molecule has 0 aliphatic heterocycles. The number of aldehydes is 2. The van der Waals surface area contributed by atoms with Gasteiger partial charge in [0.2, 0.25) is 0 Å². The highest BCUT2D eigenvalue weighted by Crippen LogP contribution is 2.62. The molecule has 0 amide bonds. The number of carbonyl (C=O) groups is 3. The summed E-state index contributed by atoms with van der Waals surface area (Å²) in [6.45, 7) is 16.0. The molecule has 1 unspecified atom stereocenters. The van der Waals surface area contributed by atoms with Crippen molar-refractivity contribution in [3.05, 3.63) is 36.5 Å². The van der Waals surface area contributed by atoms with Crippen LogP contribution in [0, 0.1) is 28.6 Å². The van der Waals surface area contributed by atoms with E-state index in [4.69, 9.17) is 9.47 Å². The zero-order valence-electron chi connectivity index (χ0n) is 19.7. The molecule has 31 heavy (non-hydrogen) atoms. The normalized spacial score (nSPS) is 35.8. The van der Waals surface area contributed by atoms with Crippen molar-refractivity contribution in [1.82, 2.24) is 0 Å². The molecule has 0 N–H and O–H groups in total. The van der Waals surface area contributed by atoms with Crippen molar-refractivity contribution in [2.75, 3.05) is 7.11 Å². The van der Waals surface area contributed by atoms with E-state index in [0.29, 0.717) is 24.8 Å². The number of esters is 1. The Labute approximate surface area is 186 Å². The van der Waals surface area contributed by atoms with Gasteiger partial charge in [-0.25, -0.2) is 0 Å². The zero-order chi connectivity index (χ0) is 23.4. The second kappa shape index (κ2) is 10.1. The van der Waals surface area contributed by atoms with Gasteiger partial charge in [-0.2, -0.15) is 0 Å². The van der Waals surface area contributed by atoms with Gasteiger partial charge >= 0.3 is 5.97 Å². The molecule has 0 radical (unpaired) electrons. The number of fused-ring (bicyclic) bond motifs is 1. The molecule has 0 bridgehead atoms. The Morgan fingerprint density at radius 2 is 2.03 bits per heavy atom. The van der Waals surface area contributed by atoms with E-state index < -0.39 is 17.6 Å². The Morgan fingerprint density at radius 3 is 2.55 bits per heavy atom. The predicted octanol–water partition coefficient (Wildman–Crippen LogP) is 4.86. The molecular weight excluding hydrogens is 392 g/mol. The number of ether oxygens (including phenoxy) is 2. The van der Waals surface area contributed by atoms with Gasteiger partial charge in [-0.3, -0.25) is 9.59 Å². The van der Waals surface area contributed by atoms with Crippen LogP contribution in [0.2, 0.25) is 0 Å². The number of hydrogen-bond acceptors (Lipinski definition) is 5. The number of allylic oxidation sites excluding steroid dienone is 2. The lowest BCUT2D eigenvalue weighted by Crippen LogP contribution is -2.61. The van der Waals surface area contributed by atoms with Crippen molar-refractivity contribution < 1.29 is 23.9 Å². The van der Waals surface area contributed by atoms with Gasteiger partial charge in [0, 0.05) is 12.7 Å². The monoisotopic (exact) mass is 430 g/mol. The van der Waals surface area contributed by atoms with Crippen LogP contribution in [-0.4, -0.2) is 37.9 Å². The maximum atomic E-state index is 12.7. The molecule has 5 heteroatoms. The summed E-state index contributed by atoms with van der Waals surface area (Å²) >= 11 is 0. The number of rotatable bonds is 10. The fourth-order valence-corrected chi connectivity index (χ4v) is 5.52. The van der Waals surface area contributed by atoms with Crippen molar-refractivity contribution in [3.63, 3.8) is 0 Å². The Balaban J connectivity index is 2.55. The Kier molecular flexibility index (Phi) is 8.21. The summed E-state index contributed by atoms with van der Waals surface area (Å²) in [6.07, 6.45) is 7.54. The summed E-state index contributed by atoms with van der Waals surface area (Å²) in [4.78, 5) is 37.4. The minimum atomic E-state index is -1.05. The van der Waals surface area contributed by atoms with E-state index in [1.807, 2.05) is 13.8 Å². The minimum Gasteiger partial charge on any atom is -0.458 e. The minimum absolute atomic E-state index is 0.205. The van der Waals surface area contributed by atoms with Crippen molar-refractivity contribution in [2.45, 2.75) is 72.0 Å². The first-order valence-electron chi connectivity index (χ1n) is 11.3. The topological polar surface area (TPSA) is 69.7 Å². The molecule has 5 nitrogen and oxygen atoms in total. The smallest absolute Gasteiger partial charge is 0.309 e. The first-order chi connectivity index (χ1) is 14.6. The standard InChI is InChI=1S/C26H38O5/c1-8-17(3)10-11-25(6)19(5)12-23(30-7)26(16-28)20(15-27)13-21(14-22(25)26)31-24(29)18(4)9-2/h8,13,15-16,18-19,21-23H,1,3,9-12,14H2,2,4-7H3/t18?,19-,21+,22+,23+,25-,26+/m1/s1. The van der Waals surface area contributed by atoms with Crippen molar-refractivity contribution in [3.8, 4) is 0 Å². The summed E-state index contributed by atoms with van der Waals surface area (Å²) in [5.41, 5.74) is -0.00761. The lowest BCUT2D eigenvalue weighted by Gasteiger charge is -2.59. The summed E-state index contributed by atoms with van der Waals surface area (Å²) in [5, 5.41) is 0. The quantitative estimate of drug-likeness (QED) is 0.281. The Bertz CT molecular complexity index is 753. The highest BCUT2D eigenvalue weighted by Gasteiger charge is 2.62. The highest BCUT2D eigenvalue weighted by atomic mass is 16.5. The van der Waals surface area contributed by atoms with Crippen LogP contribution in [0.3, 0.4) is 0 Å². The zero-order valence-corrected chi connectivity index (χ0v) is 19.7. The lowest BCUT2D eigenvalue weighted by molar-refractivity contribution is -0.170. The number of hydrogen-bond donors (Lipinski definition) is 0. The molecule has 0 saturated heterocycles. The second-order valence-electron chi connectivity index (χ2n) is 9.59. The van der Waals surface area contributed by atoms with Crippen LogP contribution in [-0.2, 0) is 23.9 Å². The van der Waals surface area contributed by atoms with E-state index >= 15 is 0 Å². The molecule has 0 aromatic rings. The van der Waals surface area contributed by atoms with Crippen LogP contribution in [0.25, 0.3) is 0 Å². The van der Waals surface area contributed by atoms with Crippen LogP contribution in [0.5, 0.6) is 0 Å². The average Bonchev–Trinajstić information content (AvgIpc) is 2.78. The van der Waals surface area contributed by atoms with E-state index in [0.717, 1.165) is 31.0 Å². The Morgan fingerprint density at radius 1 is 1.35 bits per heavy atom. The molecule has 0 spiro atoms. The molecular formula is C26H38O5. The third-order valence-electron chi connectivity index (χ3n) is 8.09. The summed E-state index contributed by atoms with van der Waals surface area (Å²) in [6, 6.07) is 0. The molecule has 0 aromatic carbocycles. The third-order valence-corrected chi connectivity index (χ3v) is 8.09. The molecule has 2 aliphatic rings. The molecule has 0 heterocycles. The lowest BCUT2D eigenvalue weighted by atomic mass is 9.45. The van der Waals surface area contributed by atoms with Gasteiger partial charge in [0.05, 0.1) is 17.4 Å². The van der Waals surface area contributed by atoms with E-state index in [-0.39, 0.29) is 29.1 Å². The molecule has 2 rings (SSSR count). The number of methoxy groups -OCH3 is 1. The van der Waals surface area contributed by atoms with Crippen LogP contribution in [0.4, 0.5) is 0 Å². The maximum Gasteiger partial charge on any atom is 0.309 e. The van der Waals surface area contributed by atoms with E-state index in [9.17, 15) is 14.4 Å². The summed E-state index contributed by atoms with van der Waals surface area (Å²) in [5.74, 6) is -0.458. The van der Waals surface area contributed by atoms with Gasteiger partial charge in [-0.1, -0.05) is 52.5 Å². The van der Waals surface area contributed by atoms with Gasteiger partial charge in [-0.05, 0) is 55.4 Å². The van der Waals surface area contributed by atoms with E-state index in [2.05, 4.69) is 27.0 Å².